The number of likely N-dealkylation sites (tertiary alicyclic amines) is 1. The minimum Gasteiger partial charge on any atom is -0.383 e. The van der Waals surface area contributed by atoms with Gasteiger partial charge in [0.25, 0.3) is 0 Å². The third kappa shape index (κ3) is 3.94. The first kappa shape index (κ1) is 18.9. The highest BCUT2D eigenvalue weighted by Crippen LogP contribution is 2.27. The minimum absolute atomic E-state index is 0.0868. The van der Waals surface area contributed by atoms with Gasteiger partial charge in [0.1, 0.15) is 0 Å². The minimum atomic E-state index is 0.0868. The van der Waals surface area contributed by atoms with Crippen LogP contribution in [-0.2, 0) is 22.5 Å². The number of H-pyrrole nitrogens is 1. The Balaban J connectivity index is 1.67. The van der Waals surface area contributed by atoms with Gasteiger partial charge in [0.05, 0.1) is 18.0 Å². The second kappa shape index (κ2) is 8.23. The van der Waals surface area contributed by atoms with Crippen molar-refractivity contribution in [3.63, 3.8) is 0 Å². The lowest BCUT2D eigenvalue weighted by Crippen LogP contribution is -2.33. The van der Waals surface area contributed by atoms with E-state index in [0.29, 0.717) is 6.54 Å². The second-order valence-corrected chi connectivity index (χ2v) is 7.43. The molecule has 2 N–H and O–H groups in total. The SMILES string of the molecule is CCc1[nH]c2c(CNC(=O)[C@@H]3CCN(CCOC)C3)cc(C)cc2c1C. The molecule has 0 saturated carbocycles. The van der Waals surface area contributed by atoms with Gasteiger partial charge in [-0.15, -0.1) is 0 Å². The molecule has 0 spiro atoms. The molecule has 1 amide bonds. The molecule has 0 bridgehead atoms. The Bertz CT molecular complexity index is 781. The van der Waals surface area contributed by atoms with E-state index in [1.807, 2.05) is 0 Å². The standard InChI is InChI=1S/C21H31N3O2/c1-5-19-15(3)18-11-14(2)10-17(20(18)23-19)12-22-21(25)16-6-7-24(13-16)8-9-26-4/h10-11,16,23H,5-9,12-13H2,1-4H3,(H,22,25)/t16-/m1/s1. The maximum atomic E-state index is 12.6. The molecule has 26 heavy (non-hydrogen) atoms. The van der Waals surface area contributed by atoms with E-state index < -0.39 is 0 Å². The van der Waals surface area contributed by atoms with Crippen molar-refractivity contribution in [2.45, 2.75) is 40.2 Å². The van der Waals surface area contributed by atoms with Crippen LogP contribution in [0.5, 0.6) is 0 Å². The Labute approximate surface area is 156 Å². The van der Waals surface area contributed by atoms with E-state index in [0.717, 1.165) is 39.1 Å². The lowest BCUT2D eigenvalue weighted by atomic mass is 10.0. The second-order valence-electron chi connectivity index (χ2n) is 7.43. The zero-order valence-corrected chi connectivity index (χ0v) is 16.4. The van der Waals surface area contributed by atoms with Gasteiger partial charge < -0.3 is 19.9 Å². The molecule has 1 aliphatic rings. The fourth-order valence-electron chi connectivity index (χ4n) is 4.00. The highest BCUT2D eigenvalue weighted by Gasteiger charge is 2.27. The summed E-state index contributed by atoms with van der Waals surface area (Å²) in [5.41, 5.74) is 6.17. The Kier molecular flexibility index (Phi) is 5.99. The Morgan fingerprint density at radius 3 is 2.92 bits per heavy atom. The molecule has 5 nitrogen and oxygen atoms in total. The van der Waals surface area contributed by atoms with Crippen LogP contribution in [-0.4, -0.2) is 49.1 Å². The van der Waals surface area contributed by atoms with Crippen LogP contribution in [0.1, 0.15) is 35.7 Å². The summed E-state index contributed by atoms with van der Waals surface area (Å²) in [6.07, 6.45) is 1.92. The van der Waals surface area contributed by atoms with Crippen LogP contribution in [0.3, 0.4) is 0 Å². The van der Waals surface area contributed by atoms with E-state index >= 15 is 0 Å². The molecule has 1 atom stereocenters. The molecule has 1 aromatic carbocycles. The van der Waals surface area contributed by atoms with Crippen LogP contribution in [0.15, 0.2) is 12.1 Å². The van der Waals surface area contributed by atoms with Crippen molar-refractivity contribution < 1.29 is 9.53 Å². The molecule has 142 valence electrons. The number of aromatic nitrogens is 1. The van der Waals surface area contributed by atoms with Crippen molar-refractivity contribution in [2.24, 2.45) is 5.92 Å². The summed E-state index contributed by atoms with van der Waals surface area (Å²) in [5, 5.41) is 4.44. The maximum Gasteiger partial charge on any atom is 0.224 e. The number of aromatic amines is 1. The van der Waals surface area contributed by atoms with Crippen LogP contribution in [0.2, 0.25) is 0 Å². The molecule has 1 fully saturated rings. The van der Waals surface area contributed by atoms with Crippen LogP contribution < -0.4 is 5.32 Å². The first-order valence-electron chi connectivity index (χ1n) is 9.63. The van der Waals surface area contributed by atoms with E-state index in [2.05, 4.69) is 48.1 Å². The Hall–Kier alpha value is -1.85. The zero-order chi connectivity index (χ0) is 18.7. The highest BCUT2D eigenvalue weighted by molar-refractivity contribution is 5.88. The van der Waals surface area contributed by atoms with Crippen LogP contribution >= 0.6 is 0 Å². The van der Waals surface area contributed by atoms with Crippen molar-refractivity contribution in [3.05, 3.63) is 34.5 Å². The van der Waals surface area contributed by atoms with Gasteiger partial charge in [-0.25, -0.2) is 0 Å². The zero-order valence-electron chi connectivity index (χ0n) is 16.4. The van der Waals surface area contributed by atoms with Gasteiger partial charge in [0.15, 0.2) is 0 Å². The highest BCUT2D eigenvalue weighted by atomic mass is 16.5. The van der Waals surface area contributed by atoms with E-state index in [4.69, 9.17) is 4.74 Å². The number of rotatable bonds is 7. The van der Waals surface area contributed by atoms with E-state index in [-0.39, 0.29) is 11.8 Å². The number of amides is 1. The summed E-state index contributed by atoms with van der Waals surface area (Å²) < 4.78 is 5.13. The first-order valence-corrected chi connectivity index (χ1v) is 9.63. The fraction of sp³-hybridized carbons (Fsp3) is 0.571. The topological polar surface area (TPSA) is 57.4 Å². The predicted molar refractivity (Wildman–Crippen MR) is 105 cm³/mol. The number of nitrogens with one attached hydrogen (secondary N) is 2. The molecular formula is C21H31N3O2. The summed E-state index contributed by atoms with van der Waals surface area (Å²) >= 11 is 0. The molecule has 1 saturated heterocycles. The number of hydrogen-bond acceptors (Lipinski definition) is 3. The number of methoxy groups -OCH3 is 1. The molecule has 3 rings (SSSR count). The maximum absolute atomic E-state index is 12.6. The summed E-state index contributed by atoms with van der Waals surface area (Å²) in [6.45, 7) is 10.5. The number of benzene rings is 1. The molecule has 2 heterocycles. The number of carbonyl (C=O) groups excluding carboxylic acids is 1. The average Bonchev–Trinajstić information content (AvgIpc) is 3.23. The fourth-order valence-corrected chi connectivity index (χ4v) is 4.00. The number of fused-ring (bicyclic) bond motifs is 1. The number of nitrogens with zero attached hydrogens (tertiary/aromatic N) is 1. The molecule has 2 aromatic rings. The van der Waals surface area contributed by atoms with E-state index in [1.54, 1.807) is 7.11 Å². The van der Waals surface area contributed by atoms with Gasteiger partial charge in [0.2, 0.25) is 5.91 Å². The van der Waals surface area contributed by atoms with Gasteiger partial charge in [-0.05, 0) is 50.4 Å². The van der Waals surface area contributed by atoms with Crippen molar-refractivity contribution in [2.75, 3.05) is 33.4 Å². The lowest BCUT2D eigenvalue weighted by Gasteiger charge is -2.15. The van der Waals surface area contributed by atoms with Crippen molar-refractivity contribution in [3.8, 4) is 0 Å². The third-order valence-corrected chi connectivity index (χ3v) is 5.56. The van der Waals surface area contributed by atoms with E-state index in [9.17, 15) is 4.79 Å². The van der Waals surface area contributed by atoms with E-state index in [1.165, 1.54) is 33.3 Å². The average molecular weight is 357 g/mol. The molecule has 1 aliphatic heterocycles. The van der Waals surface area contributed by atoms with Crippen molar-refractivity contribution >= 4 is 16.8 Å². The number of ether oxygens (including phenoxy) is 1. The van der Waals surface area contributed by atoms with Crippen molar-refractivity contribution in [1.29, 1.82) is 0 Å². The monoisotopic (exact) mass is 357 g/mol. The van der Waals surface area contributed by atoms with Crippen LogP contribution in [0, 0.1) is 19.8 Å². The smallest absolute Gasteiger partial charge is 0.224 e. The van der Waals surface area contributed by atoms with Gasteiger partial charge in [-0.2, -0.15) is 0 Å². The van der Waals surface area contributed by atoms with Crippen LogP contribution in [0.25, 0.3) is 10.9 Å². The molecule has 5 heteroatoms. The predicted octanol–water partition coefficient (Wildman–Crippen LogP) is 2.93. The largest absolute Gasteiger partial charge is 0.383 e. The summed E-state index contributed by atoms with van der Waals surface area (Å²) in [7, 11) is 1.72. The normalized spacial score (nSPS) is 17.9. The lowest BCUT2D eigenvalue weighted by molar-refractivity contribution is -0.124. The van der Waals surface area contributed by atoms with Gasteiger partial charge in [-0.3, -0.25) is 4.79 Å². The number of aryl methyl sites for hydroxylation is 3. The van der Waals surface area contributed by atoms with Gasteiger partial charge >= 0.3 is 0 Å². The number of hydrogen-bond donors (Lipinski definition) is 2. The van der Waals surface area contributed by atoms with Crippen LogP contribution in [0.4, 0.5) is 0 Å². The van der Waals surface area contributed by atoms with Gasteiger partial charge in [-0.1, -0.05) is 18.6 Å². The summed E-state index contributed by atoms with van der Waals surface area (Å²) in [6, 6.07) is 4.41. The molecule has 1 aromatic heterocycles. The molecule has 0 aliphatic carbocycles. The quantitative estimate of drug-likeness (QED) is 0.801. The first-order chi connectivity index (χ1) is 12.5. The number of carbonyl (C=O) groups is 1. The molecular weight excluding hydrogens is 326 g/mol. The molecule has 0 unspecified atom stereocenters. The Morgan fingerprint density at radius 2 is 2.19 bits per heavy atom. The third-order valence-electron chi connectivity index (χ3n) is 5.56. The van der Waals surface area contributed by atoms with Crippen molar-refractivity contribution in [1.82, 2.24) is 15.2 Å². The van der Waals surface area contributed by atoms with Gasteiger partial charge in [0, 0.05) is 37.8 Å². The summed E-state index contributed by atoms with van der Waals surface area (Å²) in [4.78, 5) is 18.5. The molecule has 0 radical (unpaired) electrons. The summed E-state index contributed by atoms with van der Waals surface area (Å²) in [5.74, 6) is 0.252. The Morgan fingerprint density at radius 1 is 1.38 bits per heavy atom.